The molecule has 2 rings (SSSR count). The average molecular weight is 267 g/mol. The summed E-state index contributed by atoms with van der Waals surface area (Å²) in [6.07, 6.45) is 0. The largest absolute Gasteiger partial charge is 0.456 e. The maximum Gasteiger partial charge on any atom is 0.145 e. The van der Waals surface area contributed by atoms with Crippen LogP contribution in [-0.4, -0.2) is 5.11 Å². The lowest BCUT2D eigenvalue weighted by Crippen LogP contribution is -1.96. The van der Waals surface area contributed by atoms with E-state index >= 15 is 0 Å². The molecule has 0 saturated carbocycles. The molecule has 2 aromatic rings. The fourth-order valence-corrected chi connectivity index (χ4v) is 2.02. The fourth-order valence-electron chi connectivity index (χ4n) is 2.02. The van der Waals surface area contributed by atoms with Gasteiger partial charge in [0.25, 0.3) is 0 Å². The van der Waals surface area contributed by atoms with Crippen molar-refractivity contribution < 1.29 is 9.84 Å². The van der Waals surface area contributed by atoms with Crippen molar-refractivity contribution in [3.8, 4) is 17.6 Å². The van der Waals surface area contributed by atoms with Gasteiger partial charge in [0, 0.05) is 0 Å². The Labute approximate surface area is 119 Å². The molecule has 0 heterocycles. The molecule has 20 heavy (non-hydrogen) atoms. The number of hydrogen-bond donors (Lipinski definition) is 1. The van der Waals surface area contributed by atoms with Crippen molar-refractivity contribution >= 4 is 0 Å². The molecule has 0 bridgehead atoms. The molecule has 0 radical (unpaired) electrons. The molecule has 0 saturated heterocycles. The standard InChI is InChI=1S/C17H17NO2/c1-12(2)15-5-3-4-6-17(15)20-16-8-7-13(11-19)9-14(16)10-18/h3-9,12,19H,11H2,1-2H3. The lowest BCUT2D eigenvalue weighted by Gasteiger charge is -2.14. The third-order valence-electron chi connectivity index (χ3n) is 3.11. The maximum absolute atomic E-state index is 9.18. The van der Waals surface area contributed by atoms with Gasteiger partial charge >= 0.3 is 0 Å². The summed E-state index contributed by atoms with van der Waals surface area (Å²) < 4.78 is 5.89. The smallest absolute Gasteiger partial charge is 0.145 e. The number of para-hydroxylation sites is 1. The summed E-state index contributed by atoms with van der Waals surface area (Å²) in [5.74, 6) is 1.61. The van der Waals surface area contributed by atoms with E-state index < -0.39 is 0 Å². The molecule has 2 aromatic carbocycles. The van der Waals surface area contributed by atoms with Crippen LogP contribution < -0.4 is 4.74 Å². The van der Waals surface area contributed by atoms with Gasteiger partial charge in [0.05, 0.1) is 12.2 Å². The van der Waals surface area contributed by atoms with Crippen molar-refractivity contribution in [1.29, 1.82) is 5.26 Å². The first-order valence-corrected chi connectivity index (χ1v) is 6.56. The number of nitriles is 1. The van der Waals surface area contributed by atoms with E-state index in [2.05, 4.69) is 19.9 Å². The number of aliphatic hydroxyl groups excluding tert-OH is 1. The number of nitrogens with zero attached hydrogens (tertiary/aromatic N) is 1. The second-order valence-electron chi connectivity index (χ2n) is 4.90. The predicted molar refractivity (Wildman–Crippen MR) is 77.7 cm³/mol. The lowest BCUT2D eigenvalue weighted by molar-refractivity contribution is 0.281. The molecule has 3 heteroatoms. The van der Waals surface area contributed by atoms with Crippen molar-refractivity contribution in [3.05, 3.63) is 59.2 Å². The number of aliphatic hydroxyl groups is 1. The van der Waals surface area contributed by atoms with Crippen LogP contribution in [0.4, 0.5) is 0 Å². The Bertz CT molecular complexity index is 642. The second-order valence-corrected chi connectivity index (χ2v) is 4.90. The molecule has 3 nitrogen and oxygen atoms in total. The predicted octanol–water partition coefficient (Wildman–Crippen LogP) is 3.97. The van der Waals surface area contributed by atoms with Gasteiger partial charge in [0.2, 0.25) is 0 Å². The monoisotopic (exact) mass is 267 g/mol. The van der Waals surface area contributed by atoms with E-state index in [4.69, 9.17) is 9.84 Å². The zero-order valence-electron chi connectivity index (χ0n) is 11.6. The van der Waals surface area contributed by atoms with E-state index in [1.807, 2.05) is 24.3 Å². The van der Waals surface area contributed by atoms with Crippen LogP contribution in [0.5, 0.6) is 11.5 Å². The van der Waals surface area contributed by atoms with Crippen LogP contribution in [0, 0.1) is 11.3 Å². The molecule has 0 amide bonds. The normalized spacial score (nSPS) is 10.3. The van der Waals surface area contributed by atoms with Crippen molar-refractivity contribution in [2.75, 3.05) is 0 Å². The number of benzene rings is 2. The highest BCUT2D eigenvalue weighted by Crippen LogP contribution is 2.32. The van der Waals surface area contributed by atoms with Crippen molar-refractivity contribution in [3.63, 3.8) is 0 Å². The van der Waals surface area contributed by atoms with E-state index in [0.717, 1.165) is 11.3 Å². The van der Waals surface area contributed by atoms with Crippen LogP contribution in [0.2, 0.25) is 0 Å². The van der Waals surface area contributed by atoms with Crippen LogP contribution in [0.3, 0.4) is 0 Å². The summed E-state index contributed by atoms with van der Waals surface area (Å²) in [6, 6.07) is 15.0. The summed E-state index contributed by atoms with van der Waals surface area (Å²) in [5, 5.41) is 18.3. The number of rotatable bonds is 4. The Hall–Kier alpha value is -2.31. The fraction of sp³-hybridized carbons (Fsp3) is 0.235. The third kappa shape index (κ3) is 2.98. The minimum Gasteiger partial charge on any atom is -0.456 e. The summed E-state index contributed by atoms with van der Waals surface area (Å²) in [7, 11) is 0. The summed E-state index contributed by atoms with van der Waals surface area (Å²) in [6.45, 7) is 4.11. The first-order chi connectivity index (χ1) is 9.65. The van der Waals surface area contributed by atoms with Gasteiger partial charge in [-0.25, -0.2) is 0 Å². The highest BCUT2D eigenvalue weighted by molar-refractivity contribution is 5.48. The Kier molecular flexibility index (Phi) is 4.39. The molecule has 0 aliphatic heterocycles. The molecule has 0 fully saturated rings. The van der Waals surface area contributed by atoms with Crippen LogP contribution in [0.25, 0.3) is 0 Å². The Morgan fingerprint density at radius 1 is 1.15 bits per heavy atom. The van der Waals surface area contributed by atoms with Gasteiger partial charge in [0.1, 0.15) is 17.6 Å². The van der Waals surface area contributed by atoms with Gasteiger partial charge in [0.15, 0.2) is 0 Å². The highest BCUT2D eigenvalue weighted by Gasteiger charge is 2.11. The zero-order chi connectivity index (χ0) is 14.5. The van der Waals surface area contributed by atoms with Crippen molar-refractivity contribution in [2.24, 2.45) is 0 Å². The Morgan fingerprint density at radius 3 is 2.55 bits per heavy atom. The lowest BCUT2D eigenvalue weighted by atomic mass is 10.0. The van der Waals surface area contributed by atoms with Gasteiger partial charge in [-0.15, -0.1) is 0 Å². The molecule has 0 spiro atoms. The molecule has 0 aliphatic carbocycles. The minimum absolute atomic E-state index is 0.0858. The molecule has 0 aliphatic rings. The number of ether oxygens (including phenoxy) is 1. The SMILES string of the molecule is CC(C)c1ccccc1Oc1ccc(CO)cc1C#N. The van der Waals surface area contributed by atoms with E-state index in [0.29, 0.717) is 22.8 Å². The van der Waals surface area contributed by atoms with Gasteiger partial charge in [-0.2, -0.15) is 5.26 Å². The molecular formula is C17H17NO2. The van der Waals surface area contributed by atoms with Crippen LogP contribution in [0.1, 0.15) is 36.5 Å². The third-order valence-corrected chi connectivity index (χ3v) is 3.11. The maximum atomic E-state index is 9.18. The molecular weight excluding hydrogens is 250 g/mol. The van der Waals surface area contributed by atoms with Gasteiger partial charge in [-0.1, -0.05) is 38.1 Å². The topological polar surface area (TPSA) is 53.2 Å². The highest BCUT2D eigenvalue weighted by atomic mass is 16.5. The quantitative estimate of drug-likeness (QED) is 0.912. The molecule has 0 unspecified atom stereocenters. The van der Waals surface area contributed by atoms with Crippen molar-refractivity contribution in [2.45, 2.75) is 26.4 Å². The summed E-state index contributed by atoms with van der Waals surface area (Å²) in [4.78, 5) is 0. The summed E-state index contributed by atoms with van der Waals surface area (Å²) in [5.41, 5.74) is 2.23. The van der Waals surface area contributed by atoms with Crippen LogP contribution >= 0.6 is 0 Å². The van der Waals surface area contributed by atoms with E-state index in [1.54, 1.807) is 18.2 Å². The molecule has 1 N–H and O–H groups in total. The van der Waals surface area contributed by atoms with Gasteiger partial charge in [-0.05, 0) is 35.2 Å². The summed E-state index contributed by atoms with van der Waals surface area (Å²) >= 11 is 0. The first kappa shape index (κ1) is 14.1. The van der Waals surface area contributed by atoms with Crippen molar-refractivity contribution in [1.82, 2.24) is 0 Å². The van der Waals surface area contributed by atoms with Gasteiger partial charge in [-0.3, -0.25) is 0 Å². The van der Waals surface area contributed by atoms with E-state index in [9.17, 15) is 5.26 Å². The van der Waals surface area contributed by atoms with Crippen LogP contribution in [-0.2, 0) is 6.61 Å². The van der Waals surface area contributed by atoms with Gasteiger partial charge < -0.3 is 9.84 Å². The van der Waals surface area contributed by atoms with Crippen LogP contribution in [0.15, 0.2) is 42.5 Å². The molecule has 102 valence electrons. The first-order valence-electron chi connectivity index (χ1n) is 6.56. The van der Waals surface area contributed by atoms with E-state index in [-0.39, 0.29) is 6.61 Å². The number of hydrogen-bond acceptors (Lipinski definition) is 3. The Balaban J connectivity index is 2.38. The Morgan fingerprint density at radius 2 is 1.90 bits per heavy atom. The molecule has 0 aromatic heterocycles. The second kappa shape index (κ2) is 6.23. The average Bonchev–Trinajstić information content (AvgIpc) is 2.48. The minimum atomic E-state index is -0.0858. The van der Waals surface area contributed by atoms with E-state index in [1.165, 1.54) is 0 Å². The zero-order valence-corrected chi connectivity index (χ0v) is 11.6. The molecule has 0 atom stereocenters.